The molecule has 1 aromatic rings. The third-order valence-electron chi connectivity index (χ3n) is 2.87. The van der Waals surface area contributed by atoms with Gasteiger partial charge in [0.2, 0.25) is 0 Å². The summed E-state index contributed by atoms with van der Waals surface area (Å²) < 4.78 is 5.00. The second-order valence-electron chi connectivity index (χ2n) is 4.50. The van der Waals surface area contributed by atoms with Crippen LogP contribution in [0.4, 0.5) is 0 Å². The maximum atomic E-state index is 11.4. The summed E-state index contributed by atoms with van der Waals surface area (Å²) in [6, 6.07) is 4.04. The minimum atomic E-state index is -0.188. The highest BCUT2D eigenvalue weighted by atomic mass is 16.5. The maximum absolute atomic E-state index is 11.4. The third kappa shape index (κ3) is 2.01. The molecule has 1 aliphatic rings. The van der Waals surface area contributed by atoms with Crippen LogP contribution >= 0.6 is 0 Å². The van der Waals surface area contributed by atoms with E-state index in [2.05, 4.69) is 26.0 Å². The van der Waals surface area contributed by atoms with Crippen LogP contribution in [0, 0.1) is 6.92 Å². The van der Waals surface area contributed by atoms with Gasteiger partial charge in [-0.25, -0.2) is 4.79 Å². The van der Waals surface area contributed by atoms with Crippen LogP contribution in [0.25, 0.3) is 0 Å². The van der Waals surface area contributed by atoms with Crippen molar-refractivity contribution in [3.8, 4) is 0 Å². The first-order valence-corrected chi connectivity index (χ1v) is 5.51. The minimum absolute atomic E-state index is 0.188. The number of ether oxygens (including phenoxy) is 1. The Kier molecular flexibility index (Phi) is 2.82. The highest BCUT2D eigenvalue weighted by Crippen LogP contribution is 2.24. The van der Waals surface area contributed by atoms with E-state index in [9.17, 15) is 4.79 Å². The van der Waals surface area contributed by atoms with Crippen LogP contribution in [-0.4, -0.2) is 5.97 Å². The first-order chi connectivity index (χ1) is 7.58. The molecular weight excluding hydrogens is 200 g/mol. The SMILES string of the molecule is CC(C)=CCc1cc2c(cc1C)C(=O)OC2. The third-order valence-corrected chi connectivity index (χ3v) is 2.87. The van der Waals surface area contributed by atoms with Crippen LogP contribution < -0.4 is 0 Å². The normalized spacial score (nSPS) is 13.3. The van der Waals surface area contributed by atoms with E-state index in [0.717, 1.165) is 23.1 Å². The molecule has 0 saturated carbocycles. The number of allylic oxidation sites excluding steroid dienone is 2. The first kappa shape index (κ1) is 10.9. The molecule has 0 fully saturated rings. The summed E-state index contributed by atoms with van der Waals surface area (Å²) in [7, 11) is 0. The van der Waals surface area contributed by atoms with Crippen LogP contribution in [0.1, 0.15) is 40.9 Å². The second-order valence-corrected chi connectivity index (χ2v) is 4.50. The van der Waals surface area contributed by atoms with Gasteiger partial charge in [-0.1, -0.05) is 17.7 Å². The Labute approximate surface area is 95.9 Å². The van der Waals surface area contributed by atoms with Crippen LogP contribution in [-0.2, 0) is 17.8 Å². The molecule has 0 amide bonds. The summed E-state index contributed by atoms with van der Waals surface area (Å²) in [6.45, 7) is 6.65. The molecule has 84 valence electrons. The van der Waals surface area contributed by atoms with E-state index in [1.807, 2.05) is 13.0 Å². The molecule has 0 spiro atoms. The molecule has 0 unspecified atom stereocenters. The van der Waals surface area contributed by atoms with Gasteiger partial charge in [0.05, 0.1) is 5.56 Å². The quantitative estimate of drug-likeness (QED) is 0.560. The Morgan fingerprint density at radius 1 is 1.44 bits per heavy atom. The molecule has 0 saturated heterocycles. The Balaban J connectivity index is 2.35. The van der Waals surface area contributed by atoms with E-state index in [4.69, 9.17) is 4.74 Å². The molecule has 1 aliphatic heterocycles. The molecule has 0 aliphatic carbocycles. The number of fused-ring (bicyclic) bond motifs is 1. The average molecular weight is 216 g/mol. The maximum Gasteiger partial charge on any atom is 0.338 e. The van der Waals surface area contributed by atoms with E-state index >= 15 is 0 Å². The number of benzene rings is 1. The zero-order chi connectivity index (χ0) is 11.7. The lowest BCUT2D eigenvalue weighted by Gasteiger charge is -2.05. The molecule has 0 aromatic heterocycles. The van der Waals surface area contributed by atoms with Crippen molar-refractivity contribution in [3.63, 3.8) is 0 Å². The van der Waals surface area contributed by atoms with Gasteiger partial charge >= 0.3 is 5.97 Å². The van der Waals surface area contributed by atoms with Crippen LogP contribution in [0.15, 0.2) is 23.8 Å². The molecular formula is C14H16O2. The first-order valence-electron chi connectivity index (χ1n) is 5.51. The van der Waals surface area contributed by atoms with Crippen LogP contribution in [0.5, 0.6) is 0 Å². The zero-order valence-corrected chi connectivity index (χ0v) is 9.96. The summed E-state index contributed by atoms with van der Waals surface area (Å²) in [6.07, 6.45) is 3.13. The number of carbonyl (C=O) groups is 1. The van der Waals surface area contributed by atoms with Gasteiger partial charge in [-0.05, 0) is 44.4 Å². The summed E-state index contributed by atoms with van der Waals surface area (Å²) >= 11 is 0. The number of cyclic esters (lactones) is 1. The lowest BCUT2D eigenvalue weighted by atomic mass is 9.98. The Bertz CT molecular complexity index is 466. The van der Waals surface area contributed by atoms with Crippen LogP contribution in [0.3, 0.4) is 0 Å². The van der Waals surface area contributed by atoms with Crippen molar-refractivity contribution < 1.29 is 9.53 Å². The molecule has 1 aromatic carbocycles. The fourth-order valence-electron chi connectivity index (χ4n) is 1.87. The summed E-state index contributed by atoms with van der Waals surface area (Å²) in [5.74, 6) is -0.188. The fraction of sp³-hybridized carbons (Fsp3) is 0.357. The highest BCUT2D eigenvalue weighted by molar-refractivity contribution is 5.93. The van der Waals surface area contributed by atoms with Gasteiger partial charge in [0, 0.05) is 5.56 Å². The largest absolute Gasteiger partial charge is 0.457 e. The topological polar surface area (TPSA) is 26.3 Å². The van der Waals surface area contributed by atoms with Crippen LogP contribution in [0.2, 0.25) is 0 Å². The molecule has 2 rings (SSSR count). The average Bonchev–Trinajstić information content (AvgIpc) is 2.57. The van der Waals surface area contributed by atoms with Crippen molar-refractivity contribution in [2.24, 2.45) is 0 Å². The van der Waals surface area contributed by atoms with Gasteiger partial charge in [0.25, 0.3) is 0 Å². The van der Waals surface area contributed by atoms with E-state index in [-0.39, 0.29) is 5.97 Å². The van der Waals surface area contributed by atoms with E-state index < -0.39 is 0 Å². The molecule has 0 N–H and O–H groups in total. The lowest BCUT2D eigenvalue weighted by molar-refractivity contribution is 0.0535. The molecule has 16 heavy (non-hydrogen) atoms. The van der Waals surface area contributed by atoms with Crippen molar-refractivity contribution in [1.29, 1.82) is 0 Å². The van der Waals surface area contributed by atoms with Gasteiger partial charge < -0.3 is 4.74 Å². The van der Waals surface area contributed by atoms with Crippen molar-refractivity contribution in [2.75, 3.05) is 0 Å². The smallest absolute Gasteiger partial charge is 0.338 e. The number of esters is 1. The number of rotatable bonds is 2. The molecule has 2 nitrogen and oxygen atoms in total. The molecule has 0 bridgehead atoms. The molecule has 1 heterocycles. The van der Waals surface area contributed by atoms with E-state index in [1.54, 1.807) is 0 Å². The standard InChI is InChI=1S/C14H16O2/c1-9(2)4-5-11-7-12-8-16-14(15)13(12)6-10(11)3/h4,6-7H,5,8H2,1-3H3. The number of carbonyl (C=O) groups excluding carboxylic acids is 1. The molecule has 0 radical (unpaired) electrons. The van der Waals surface area contributed by atoms with Gasteiger partial charge in [0.1, 0.15) is 6.61 Å². The second kappa shape index (κ2) is 4.12. The van der Waals surface area contributed by atoms with Crippen molar-refractivity contribution in [3.05, 3.63) is 46.0 Å². The Morgan fingerprint density at radius 3 is 2.88 bits per heavy atom. The Hall–Kier alpha value is -1.57. The van der Waals surface area contributed by atoms with E-state index in [0.29, 0.717) is 6.61 Å². The molecule has 0 atom stereocenters. The van der Waals surface area contributed by atoms with Crippen molar-refractivity contribution in [1.82, 2.24) is 0 Å². The van der Waals surface area contributed by atoms with Gasteiger partial charge in [-0.15, -0.1) is 0 Å². The summed E-state index contributed by atoms with van der Waals surface area (Å²) in [5.41, 5.74) is 5.51. The fourth-order valence-corrected chi connectivity index (χ4v) is 1.87. The summed E-state index contributed by atoms with van der Waals surface area (Å²) in [4.78, 5) is 11.4. The summed E-state index contributed by atoms with van der Waals surface area (Å²) in [5, 5.41) is 0. The number of hydrogen-bond acceptors (Lipinski definition) is 2. The van der Waals surface area contributed by atoms with E-state index in [1.165, 1.54) is 11.1 Å². The molecule has 2 heteroatoms. The van der Waals surface area contributed by atoms with Crippen molar-refractivity contribution >= 4 is 5.97 Å². The number of hydrogen-bond donors (Lipinski definition) is 0. The Morgan fingerprint density at radius 2 is 2.19 bits per heavy atom. The zero-order valence-electron chi connectivity index (χ0n) is 9.96. The minimum Gasteiger partial charge on any atom is -0.457 e. The predicted octanol–water partition coefficient (Wildman–Crippen LogP) is 3.17. The predicted molar refractivity (Wildman–Crippen MR) is 63.4 cm³/mol. The lowest BCUT2D eigenvalue weighted by Crippen LogP contribution is -1.96. The van der Waals surface area contributed by atoms with Gasteiger partial charge in [-0.2, -0.15) is 0 Å². The number of aryl methyl sites for hydroxylation is 1. The highest BCUT2D eigenvalue weighted by Gasteiger charge is 2.21. The van der Waals surface area contributed by atoms with Crippen molar-refractivity contribution in [2.45, 2.75) is 33.8 Å². The van der Waals surface area contributed by atoms with Gasteiger partial charge in [0.15, 0.2) is 0 Å². The monoisotopic (exact) mass is 216 g/mol. The van der Waals surface area contributed by atoms with Gasteiger partial charge in [-0.3, -0.25) is 0 Å².